The zero-order chi connectivity index (χ0) is 25.2. The molecule has 0 aliphatic rings. The van der Waals surface area contributed by atoms with E-state index in [-0.39, 0.29) is 13.1 Å². The van der Waals surface area contributed by atoms with E-state index in [1.807, 2.05) is 0 Å². The first kappa shape index (κ1) is 25.6. The molecule has 0 aliphatic carbocycles. The third kappa shape index (κ3) is 7.51. The minimum absolute atomic E-state index is 0.275. The van der Waals surface area contributed by atoms with Crippen molar-refractivity contribution < 1.29 is 23.5 Å². The molecule has 0 aromatic heterocycles. The number of rotatable bonds is 9. The van der Waals surface area contributed by atoms with Crippen LogP contribution in [0.1, 0.15) is 6.42 Å². The molecule has 0 atom stereocenters. The van der Waals surface area contributed by atoms with Crippen molar-refractivity contribution in [3.8, 4) is 11.5 Å². The lowest BCUT2D eigenvalue weighted by Crippen LogP contribution is -2.38. The van der Waals surface area contributed by atoms with Crippen LogP contribution in [0.3, 0.4) is 0 Å². The second-order valence-electron chi connectivity index (χ2n) is 7.37. The maximum absolute atomic E-state index is 13.4. The Morgan fingerprint density at radius 3 is 2.31 bits per heavy atom. The van der Waals surface area contributed by atoms with E-state index in [1.165, 1.54) is 36.3 Å². The number of anilines is 3. The minimum atomic E-state index is -0.424. The number of amides is 4. The summed E-state index contributed by atoms with van der Waals surface area (Å²) in [7, 11) is 3.04. The largest absolute Gasteiger partial charge is 0.497 e. The van der Waals surface area contributed by atoms with Crippen LogP contribution in [-0.4, -0.2) is 39.4 Å². The van der Waals surface area contributed by atoms with Gasteiger partial charge in [0.1, 0.15) is 17.3 Å². The van der Waals surface area contributed by atoms with E-state index in [1.54, 1.807) is 49.6 Å². The van der Waals surface area contributed by atoms with E-state index in [9.17, 15) is 14.0 Å². The van der Waals surface area contributed by atoms with Gasteiger partial charge >= 0.3 is 12.1 Å². The van der Waals surface area contributed by atoms with Crippen molar-refractivity contribution in [1.82, 2.24) is 5.32 Å². The summed E-state index contributed by atoms with van der Waals surface area (Å²) in [5.74, 6) is 0.658. The Morgan fingerprint density at radius 2 is 1.66 bits per heavy atom. The summed E-state index contributed by atoms with van der Waals surface area (Å²) in [4.78, 5) is 26.7. The first-order valence-corrected chi connectivity index (χ1v) is 11.1. The van der Waals surface area contributed by atoms with Crippen LogP contribution in [0.4, 0.5) is 31.0 Å². The van der Waals surface area contributed by atoms with Gasteiger partial charge in [0.25, 0.3) is 0 Å². The topological polar surface area (TPSA) is 91.9 Å². The Hall–Kier alpha value is -3.98. The number of urea groups is 2. The van der Waals surface area contributed by atoms with E-state index in [0.29, 0.717) is 40.0 Å². The van der Waals surface area contributed by atoms with E-state index < -0.39 is 17.9 Å². The fraction of sp³-hybridized carbons (Fsp3) is 0.200. The molecular formula is C25H26ClFN4O4. The number of methoxy groups -OCH3 is 2. The van der Waals surface area contributed by atoms with Gasteiger partial charge in [-0.25, -0.2) is 14.0 Å². The Labute approximate surface area is 208 Å². The zero-order valence-electron chi connectivity index (χ0n) is 19.3. The Balaban J connectivity index is 1.58. The van der Waals surface area contributed by atoms with Crippen LogP contribution in [0, 0.1) is 5.82 Å². The minimum Gasteiger partial charge on any atom is -0.497 e. The predicted molar refractivity (Wildman–Crippen MR) is 135 cm³/mol. The van der Waals surface area contributed by atoms with E-state index in [2.05, 4.69) is 16.0 Å². The number of nitrogens with one attached hydrogen (secondary N) is 3. The molecule has 0 heterocycles. The molecule has 10 heteroatoms. The average Bonchev–Trinajstić information content (AvgIpc) is 2.86. The second kappa shape index (κ2) is 12.5. The lowest BCUT2D eigenvalue weighted by molar-refractivity contribution is 0.252. The van der Waals surface area contributed by atoms with Gasteiger partial charge in [0.05, 0.1) is 19.9 Å². The highest BCUT2D eigenvalue weighted by Crippen LogP contribution is 2.28. The zero-order valence-corrected chi connectivity index (χ0v) is 20.1. The second-order valence-corrected chi connectivity index (χ2v) is 7.80. The number of hydrogen-bond acceptors (Lipinski definition) is 4. The summed E-state index contributed by atoms with van der Waals surface area (Å²) in [5.41, 5.74) is 1.57. The number of benzene rings is 3. The summed E-state index contributed by atoms with van der Waals surface area (Å²) in [5, 5.41) is 8.82. The van der Waals surface area contributed by atoms with Crippen molar-refractivity contribution in [2.45, 2.75) is 6.42 Å². The average molecular weight is 501 g/mol. The maximum Gasteiger partial charge on any atom is 0.326 e. The van der Waals surface area contributed by atoms with Crippen LogP contribution in [0.15, 0.2) is 66.7 Å². The van der Waals surface area contributed by atoms with Gasteiger partial charge in [-0.05, 0) is 67.1 Å². The van der Waals surface area contributed by atoms with E-state index >= 15 is 0 Å². The Morgan fingerprint density at radius 1 is 0.943 bits per heavy atom. The van der Waals surface area contributed by atoms with Crippen molar-refractivity contribution in [3.05, 3.63) is 77.6 Å². The Kier molecular flexibility index (Phi) is 9.14. The molecule has 3 aromatic rings. The predicted octanol–water partition coefficient (Wildman–Crippen LogP) is 5.75. The summed E-state index contributed by atoms with van der Waals surface area (Å²) < 4.78 is 23.8. The van der Waals surface area contributed by atoms with Gasteiger partial charge in [-0.1, -0.05) is 11.6 Å². The molecule has 3 aromatic carbocycles. The van der Waals surface area contributed by atoms with Gasteiger partial charge in [0, 0.05) is 35.6 Å². The number of hydrogen-bond donors (Lipinski definition) is 3. The van der Waals surface area contributed by atoms with E-state index in [4.69, 9.17) is 21.1 Å². The van der Waals surface area contributed by atoms with Gasteiger partial charge in [0.2, 0.25) is 0 Å². The quantitative estimate of drug-likeness (QED) is 0.326. The highest BCUT2D eigenvalue weighted by Gasteiger charge is 2.16. The lowest BCUT2D eigenvalue weighted by atomic mass is 10.2. The molecule has 0 radical (unpaired) electrons. The van der Waals surface area contributed by atoms with Crippen LogP contribution in [0.25, 0.3) is 0 Å². The molecule has 4 amide bonds. The van der Waals surface area contributed by atoms with Crippen LogP contribution in [0.2, 0.25) is 5.02 Å². The number of halogens is 2. The maximum atomic E-state index is 13.4. The summed E-state index contributed by atoms with van der Waals surface area (Å²) in [6.45, 7) is 0.563. The highest BCUT2D eigenvalue weighted by atomic mass is 35.5. The molecule has 0 fully saturated rings. The molecule has 0 spiro atoms. The highest BCUT2D eigenvalue weighted by molar-refractivity contribution is 6.30. The molecule has 8 nitrogen and oxygen atoms in total. The van der Waals surface area contributed by atoms with Crippen molar-refractivity contribution in [2.75, 3.05) is 42.8 Å². The van der Waals surface area contributed by atoms with E-state index in [0.717, 1.165) is 0 Å². The molecule has 0 saturated carbocycles. The third-order valence-electron chi connectivity index (χ3n) is 4.98. The van der Waals surface area contributed by atoms with Gasteiger partial charge in [0.15, 0.2) is 0 Å². The van der Waals surface area contributed by atoms with Crippen LogP contribution < -0.4 is 30.3 Å². The number of ether oxygens (including phenoxy) is 2. The molecule has 3 N–H and O–H groups in total. The monoisotopic (exact) mass is 500 g/mol. The molecule has 3 rings (SSSR count). The molecule has 0 unspecified atom stereocenters. The number of carbonyl (C=O) groups excluding carboxylic acids is 2. The summed E-state index contributed by atoms with van der Waals surface area (Å²) >= 11 is 5.90. The van der Waals surface area contributed by atoms with Crippen LogP contribution >= 0.6 is 11.6 Å². The normalized spacial score (nSPS) is 10.3. The summed E-state index contributed by atoms with van der Waals surface area (Å²) in [6, 6.07) is 16.5. The van der Waals surface area contributed by atoms with Gasteiger partial charge < -0.3 is 25.4 Å². The fourth-order valence-electron chi connectivity index (χ4n) is 3.20. The lowest BCUT2D eigenvalue weighted by Gasteiger charge is -2.23. The first-order chi connectivity index (χ1) is 16.9. The standard InChI is InChI=1S/C25H26ClFN4O4/c1-34-21-12-13-22(23(16-21)35-2)30-24(32)28-14-3-15-31(20-10-6-18(27)7-11-20)25(33)29-19-8-4-17(26)5-9-19/h4-13,16H,3,14-15H2,1-2H3,(H,29,33)(H2,28,30,32). The van der Waals surface area contributed by atoms with Crippen LogP contribution in [0.5, 0.6) is 11.5 Å². The number of carbonyl (C=O) groups is 2. The van der Waals surface area contributed by atoms with Crippen LogP contribution in [-0.2, 0) is 0 Å². The van der Waals surface area contributed by atoms with Crippen molar-refractivity contribution in [2.24, 2.45) is 0 Å². The van der Waals surface area contributed by atoms with Crippen molar-refractivity contribution in [3.63, 3.8) is 0 Å². The molecule has 35 heavy (non-hydrogen) atoms. The third-order valence-corrected chi connectivity index (χ3v) is 5.23. The first-order valence-electron chi connectivity index (χ1n) is 10.8. The fourth-order valence-corrected chi connectivity index (χ4v) is 3.33. The molecular weight excluding hydrogens is 475 g/mol. The number of nitrogens with zero attached hydrogens (tertiary/aromatic N) is 1. The molecule has 184 valence electrons. The smallest absolute Gasteiger partial charge is 0.326 e. The van der Waals surface area contributed by atoms with Gasteiger partial charge in [-0.3, -0.25) is 4.90 Å². The van der Waals surface area contributed by atoms with Crippen molar-refractivity contribution in [1.29, 1.82) is 0 Å². The van der Waals surface area contributed by atoms with Gasteiger partial charge in [-0.2, -0.15) is 0 Å². The van der Waals surface area contributed by atoms with Crippen molar-refractivity contribution >= 4 is 40.7 Å². The molecule has 0 aliphatic heterocycles. The Bertz CT molecular complexity index is 1140. The SMILES string of the molecule is COc1ccc(NC(=O)NCCCN(C(=O)Nc2ccc(Cl)cc2)c2ccc(F)cc2)c(OC)c1. The molecule has 0 saturated heterocycles. The van der Waals surface area contributed by atoms with Gasteiger partial charge in [-0.15, -0.1) is 0 Å². The molecule has 0 bridgehead atoms. The summed E-state index contributed by atoms with van der Waals surface area (Å²) in [6.07, 6.45) is 0.443.